The second-order valence-corrected chi connectivity index (χ2v) is 4.86. The smallest absolute Gasteiger partial charge is 0.129 e. The van der Waals surface area contributed by atoms with Crippen LogP contribution in [0.2, 0.25) is 0 Å². The Morgan fingerprint density at radius 2 is 2.06 bits per heavy atom. The average molecular weight is 239 g/mol. The van der Waals surface area contributed by atoms with Gasteiger partial charge in [0, 0.05) is 5.56 Å². The maximum absolute atomic E-state index is 5.99. The molecule has 2 aromatic carbocycles. The summed E-state index contributed by atoms with van der Waals surface area (Å²) in [5.41, 5.74) is 2.15. The van der Waals surface area contributed by atoms with Crippen molar-refractivity contribution in [2.45, 2.75) is 13.0 Å². The topological polar surface area (TPSA) is 30.8 Å². The highest BCUT2D eigenvalue weighted by atomic mass is 16.6. The number of ether oxygens (including phenoxy) is 1. The predicted octanol–water partition coefficient (Wildman–Crippen LogP) is 2.97. The Morgan fingerprint density at radius 3 is 3.00 bits per heavy atom. The van der Waals surface area contributed by atoms with Crippen molar-refractivity contribution in [3.05, 3.63) is 42.0 Å². The van der Waals surface area contributed by atoms with E-state index in [9.17, 15) is 0 Å². The number of nitrogens with zero attached hydrogens (tertiary/aromatic N) is 1. The van der Waals surface area contributed by atoms with Crippen LogP contribution in [0.15, 0.2) is 41.6 Å². The third-order valence-electron chi connectivity index (χ3n) is 3.79. The highest BCUT2D eigenvalue weighted by Gasteiger charge is 2.38. The standard InChI is InChI=1S/C15H13NO2/c1-9-12-8-17-16-15(12)14-11-5-3-2-4-10(11)6-7-13(14)18-9/h2-7,9,12H,8H2,1H3. The van der Waals surface area contributed by atoms with Crippen LogP contribution >= 0.6 is 0 Å². The number of benzene rings is 2. The second-order valence-electron chi connectivity index (χ2n) is 4.86. The molecule has 2 atom stereocenters. The highest BCUT2D eigenvalue weighted by Crippen LogP contribution is 2.38. The van der Waals surface area contributed by atoms with E-state index in [0.29, 0.717) is 6.61 Å². The van der Waals surface area contributed by atoms with E-state index >= 15 is 0 Å². The Balaban J connectivity index is 2.06. The molecule has 3 nitrogen and oxygen atoms in total. The van der Waals surface area contributed by atoms with Gasteiger partial charge >= 0.3 is 0 Å². The van der Waals surface area contributed by atoms with Gasteiger partial charge in [-0.2, -0.15) is 0 Å². The molecule has 4 rings (SSSR count). The van der Waals surface area contributed by atoms with Crippen molar-refractivity contribution < 1.29 is 9.57 Å². The minimum absolute atomic E-state index is 0.125. The first kappa shape index (κ1) is 9.95. The van der Waals surface area contributed by atoms with Gasteiger partial charge in [-0.15, -0.1) is 0 Å². The lowest BCUT2D eigenvalue weighted by molar-refractivity contribution is 0.104. The minimum atomic E-state index is 0.125. The van der Waals surface area contributed by atoms with Gasteiger partial charge < -0.3 is 9.57 Å². The lowest BCUT2D eigenvalue weighted by Crippen LogP contribution is -2.35. The summed E-state index contributed by atoms with van der Waals surface area (Å²) in [7, 11) is 0. The van der Waals surface area contributed by atoms with Crippen molar-refractivity contribution in [1.29, 1.82) is 0 Å². The SMILES string of the molecule is CC1Oc2ccc3ccccc3c2C2=NOCC21. The van der Waals surface area contributed by atoms with Crippen molar-refractivity contribution >= 4 is 16.5 Å². The molecule has 0 aromatic heterocycles. The molecular weight excluding hydrogens is 226 g/mol. The van der Waals surface area contributed by atoms with Crippen molar-refractivity contribution in [3.8, 4) is 5.75 Å². The summed E-state index contributed by atoms with van der Waals surface area (Å²) in [6.07, 6.45) is 0.125. The number of fused-ring (bicyclic) bond motifs is 5. The lowest BCUT2D eigenvalue weighted by Gasteiger charge is -2.28. The number of oxime groups is 1. The van der Waals surface area contributed by atoms with Crippen LogP contribution in [0.5, 0.6) is 5.75 Å². The molecular formula is C15H13NO2. The van der Waals surface area contributed by atoms with Crippen LogP contribution in [0, 0.1) is 5.92 Å². The van der Waals surface area contributed by atoms with Gasteiger partial charge in [-0.05, 0) is 23.8 Å². The number of hydrogen-bond acceptors (Lipinski definition) is 3. The molecule has 0 amide bonds. The molecule has 2 aromatic rings. The summed E-state index contributed by atoms with van der Waals surface area (Å²) < 4.78 is 5.99. The number of hydrogen-bond donors (Lipinski definition) is 0. The maximum Gasteiger partial charge on any atom is 0.129 e. The normalized spacial score (nSPS) is 24.8. The fourth-order valence-electron chi connectivity index (χ4n) is 2.82. The van der Waals surface area contributed by atoms with Crippen molar-refractivity contribution in [2.24, 2.45) is 11.1 Å². The summed E-state index contributed by atoms with van der Waals surface area (Å²) in [6.45, 7) is 2.70. The van der Waals surface area contributed by atoms with Crippen molar-refractivity contribution in [2.75, 3.05) is 6.61 Å². The molecule has 0 bridgehead atoms. The second kappa shape index (κ2) is 3.48. The molecule has 0 radical (unpaired) electrons. The Hall–Kier alpha value is -2.03. The summed E-state index contributed by atoms with van der Waals surface area (Å²) in [6, 6.07) is 12.4. The molecule has 2 aliphatic heterocycles. The predicted molar refractivity (Wildman–Crippen MR) is 70.0 cm³/mol. The maximum atomic E-state index is 5.99. The van der Waals surface area contributed by atoms with E-state index in [4.69, 9.17) is 9.57 Å². The zero-order valence-corrected chi connectivity index (χ0v) is 10.1. The van der Waals surface area contributed by atoms with Gasteiger partial charge in [0.15, 0.2) is 0 Å². The van der Waals surface area contributed by atoms with Crippen LogP contribution in [0.3, 0.4) is 0 Å². The first-order valence-electron chi connectivity index (χ1n) is 6.23. The Labute approximate surface area is 105 Å². The fraction of sp³-hybridized carbons (Fsp3) is 0.267. The van der Waals surface area contributed by atoms with E-state index in [-0.39, 0.29) is 12.0 Å². The Bertz CT molecular complexity index is 663. The monoisotopic (exact) mass is 239 g/mol. The van der Waals surface area contributed by atoms with Crippen LogP contribution in [-0.4, -0.2) is 18.4 Å². The third-order valence-corrected chi connectivity index (χ3v) is 3.79. The fourth-order valence-corrected chi connectivity index (χ4v) is 2.82. The molecule has 0 N–H and O–H groups in total. The minimum Gasteiger partial charge on any atom is -0.489 e. The van der Waals surface area contributed by atoms with Gasteiger partial charge in [0.05, 0.1) is 5.92 Å². The van der Waals surface area contributed by atoms with Crippen LogP contribution < -0.4 is 4.74 Å². The Kier molecular flexibility index (Phi) is 1.92. The average Bonchev–Trinajstić information content (AvgIpc) is 2.88. The molecule has 0 saturated carbocycles. The van der Waals surface area contributed by atoms with E-state index < -0.39 is 0 Å². The van der Waals surface area contributed by atoms with Gasteiger partial charge in [-0.25, -0.2) is 0 Å². The molecule has 0 fully saturated rings. The van der Waals surface area contributed by atoms with Gasteiger partial charge in [0.25, 0.3) is 0 Å². The van der Waals surface area contributed by atoms with Crippen LogP contribution in [0.4, 0.5) is 0 Å². The molecule has 90 valence electrons. The summed E-state index contributed by atoms with van der Waals surface area (Å²) >= 11 is 0. The zero-order valence-electron chi connectivity index (χ0n) is 10.1. The van der Waals surface area contributed by atoms with E-state index in [1.807, 2.05) is 18.2 Å². The summed E-state index contributed by atoms with van der Waals surface area (Å²) in [4.78, 5) is 5.28. The van der Waals surface area contributed by atoms with E-state index in [2.05, 4.69) is 30.3 Å². The molecule has 0 aliphatic carbocycles. The number of rotatable bonds is 0. The first-order valence-corrected chi connectivity index (χ1v) is 6.23. The van der Waals surface area contributed by atoms with E-state index in [0.717, 1.165) is 17.0 Å². The highest BCUT2D eigenvalue weighted by molar-refractivity contribution is 6.15. The lowest BCUT2D eigenvalue weighted by atomic mass is 9.87. The zero-order chi connectivity index (χ0) is 12.1. The van der Waals surface area contributed by atoms with Crippen LogP contribution in [-0.2, 0) is 4.84 Å². The molecule has 2 heterocycles. The van der Waals surface area contributed by atoms with E-state index in [1.165, 1.54) is 10.8 Å². The summed E-state index contributed by atoms with van der Waals surface area (Å²) in [5, 5.41) is 6.64. The van der Waals surface area contributed by atoms with Gasteiger partial charge in [0.2, 0.25) is 0 Å². The van der Waals surface area contributed by atoms with Crippen LogP contribution in [0.25, 0.3) is 10.8 Å². The van der Waals surface area contributed by atoms with Gasteiger partial charge in [0.1, 0.15) is 24.2 Å². The quantitative estimate of drug-likeness (QED) is 0.707. The molecule has 2 unspecified atom stereocenters. The Morgan fingerprint density at radius 1 is 1.17 bits per heavy atom. The van der Waals surface area contributed by atoms with Crippen molar-refractivity contribution in [3.63, 3.8) is 0 Å². The van der Waals surface area contributed by atoms with E-state index in [1.54, 1.807) is 0 Å². The molecule has 0 spiro atoms. The summed E-state index contributed by atoms with van der Waals surface area (Å²) in [5.74, 6) is 1.17. The third kappa shape index (κ3) is 1.22. The largest absolute Gasteiger partial charge is 0.489 e. The van der Waals surface area contributed by atoms with Gasteiger partial charge in [-0.3, -0.25) is 0 Å². The molecule has 2 aliphatic rings. The van der Waals surface area contributed by atoms with Crippen LogP contribution in [0.1, 0.15) is 12.5 Å². The first-order chi connectivity index (χ1) is 8.84. The molecule has 0 saturated heterocycles. The molecule has 3 heteroatoms. The van der Waals surface area contributed by atoms with Crippen molar-refractivity contribution in [1.82, 2.24) is 0 Å². The molecule has 18 heavy (non-hydrogen) atoms. The van der Waals surface area contributed by atoms with Gasteiger partial charge in [-0.1, -0.05) is 35.5 Å².